The predicted octanol–water partition coefficient (Wildman–Crippen LogP) is 2.54. The van der Waals surface area contributed by atoms with Gasteiger partial charge in [0.2, 0.25) is 5.91 Å². The Morgan fingerprint density at radius 3 is 2.70 bits per heavy atom. The fraction of sp³-hybridized carbons (Fsp3) is 0.600. The normalized spacial score (nSPS) is 10.8. The Balaban J connectivity index is 2.57. The van der Waals surface area contributed by atoms with Crippen molar-refractivity contribution >= 4 is 21.8 Å². The first-order valence-electron chi connectivity index (χ1n) is 7.01. The molecular formula is C15H24BrN3O. The molecule has 0 aliphatic rings. The zero-order chi connectivity index (χ0) is 14.8. The molecule has 0 radical (unpaired) electrons. The monoisotopic (exact) mass is 341 g/mol. The number of pyridine rings is 1. The molecule has 0 saturated heterocycles. The Kier molecular flexibility index (Phi) is 8.46. The molecule has 0 saturated carbocycles. The number of aromatic nitrogens is 1. The molecule has 0 bridgehead atoms. The highest BCUT2D eigenvalue weighted by Crippen LogP contribution is 2.08. The van der Waals surface area contributed by atoms with Crippen LogP contribution in [0.5, 0.6) is 0 Å². The van der Waals surface area contributed by atoms with Gasteiger partial charge < -0.3 is 9.80 Å². The molecule has 112 valence electrons. The second-order valence-corrected chi connectivity index (χ2v) is 5.92. The number of amides is 1. The lowest BCUT2D eigenvalue weighted by atomic mass is 10.2. The third-order valence-corrected chi connectivity index (χ3v) is 3.60. The topological polar surface area (TPSA) is 36.4 Å². The Bertz CT molecular complexity index is 384. The van der Waals surface area contributed by atoms with Crippen molar-refractivity contribution in [1.82, 2.24) is 14.8 Å². The van der Waals surface area contributed by atoms with Crippen LogP contribution in [0.4, 0.5) is 0 Å². The summed E-state index contributed by atoms with van der Waals surface area (Å²) in [6.07, 6.45) is 6.19. The first-order valence-corrected chi connectivity index (χ1v) is 8.13. The Morgan fingerprint density at radius 1 is 1.30 bits per heavy atom. The summed E-state index contributed by atoms with van der Waals surface area (Å²) < 4.78 is 0. The molecule has 0 spiro atoms. The molecular weight excluding hydrogens is 318 g/mol. The van der Waals surface area contributed by atoms with E-state index in [0.717, 1.165) is 36.8 Å². The molecule has 0 atom stereocenters. The number of alkyl halides is 1. The SMILES string of the molecule is CN(C)CCN(Cc1cccnc1)C(=O)CCCCBr. The molecule has 1 aromatic heterocycles. The highest BCUT2D eigenvalue weighted by Gasteiger charge is 2.13. The molecule has 0 aliphatic heterocycles. The van der Waals surface area contributed by atoms with E-state index in [1.807, 2.05) is 37.3 Å². The van der Waals surface area contributed by atoms with E-state index in [2.05, 4.69) is 25.8 Å². The van der Waals surface area contributed by atoms with Crippen LogP contribution in [0.3, 0.4) is 0 Å². The fourth-order valence-corrected chi connectivity index (χ4v) is 2.25. The predicted molar refractivity (Wildman–Crippen MR) is 85.9 cm³/mol. The summed E-state index contributed by atoms with van der Waals surface area (Å²) in [5, 5.41) is 0.959. The molecule has 0 aromatic carbocycles. The summed E-state index contributed by atoms with van der Waals surface area (Å²) in [5.74, 6) is 0.233. The van der Waals surface area contributed by atoms with Gasteiger partial charge >= 0.3 is 0 Å². The van der Waals surface area contributed by atoms with Gasteiger partial charge in [0.05, 0.1) is 0 Å². The van der Waals surface area contributed by atoms with Gasteiger partial charge in [0.25, 0.3) is 0 Å². The number of rotatable bonds is 9. The molecule has 1 rings (SSSR count). The van der Waals surface area contributed by atoms with Crippen molar-refractivity contribution in [2.45, 2.75) is 25.8 Å². The number of carbonyl (C=O) groups is 1. The second-order valence-electron chi connectivity index (χ2n) is 5.13. The minimum Gasteiger partial charge on any atom is -0.337 e. The summed E-state index contributed by atoms with van der Waals surface area (Å²) in [7, 11) is 4.05. The number of unbranched alkanes of at least 4 members (excludes halogenated alkanes) is 1. The largest absolute Gasteiger partial charge is 0.337 e. The zero-order valence-electron chi connectivity index (χ0n) is 12.4. The quantitative estimate of drug-likeness (QED) is 0.511. The molecule has 4 nitrogen and oxygen atoms in total. The minimum atomic E-state index is 0.233. The van der Waals surface area contributed by atoms with E-state index in [1.54, 1.807) is 6.20 Å². The molecule has 0 N–H and O–H groups in total. The van der Waals surface area contributed by atoms with Crippen LogP contribution < -0.4 is 0 Å². The summed E-state index contributed by atoms with van der Waals surface area (Å²) in [5.41, 5.74) is 1.08. The number of hydrogen-bond donors (Lipinski definition) is 0. The van der Waals surface area contributed by atoms with E-state index in [1.165, 1.54) is 0 Å². The van der Waals surface area contributed by atoms with Gasteiger partial charge in [-0.05, 0) is 38.6 Å². The number of halogens is 1. The third-order valence-electron chi connectivity index (χ3n) is 3.04. The van der Waals surface area contributed by atoms with Crippen molar-refractivity contribution in [3.8, 4) is 0 Å². The fourth-order valence-electron chi connectivity index (χ4n) is 1.85. The van der Waals surface area contributed by atoms with Crippen LogP contribution in [0.2, 0.25) is 0 Å². The lowest BCUT2D eigenvalue weighted by Crippen LogP contribution is -2.36. The van der Waals surface area contributed by atoms with Crippen LogP contribution >= 0.6 is 15.9 Å². The van der Waals surface area contributed by atoms with Gasteiger partial charge in [0.1, 0.15) is 0 Å². The maximum absolute atomic E-state index is 12.3. The van der Waals surface area contributed by atoms with Crippen molar-refractivity contribution in [2.24, 2.45) is 0 Å². The van der Waals surface area contributed by atoms with E-state index in [0.29, 0.717) is 13.0 Å². The van der Waals surface area contributed by atoms with Gasteiger partial charge in [0.15, 0.2) is 0 Å². The standard InChI is InChI=1S/C15H24BrN3O/c1-18(2)10-11-19(15(20)7-3-4-8-16)13-14-6-5-9-17-12-14/h5-6,9,12H,3-4,7-8,10-11,13H2,1-2H3. The molecule has 5 heteroatoms. The third kappa shape index (κ3) is 7.01. The average molecular weight is 342 g/mol. The van der Waals surface area contributed by atoms with Crippen molar-refractivity contribution in [1.29, 1.82) is 0 Å². The van der Waals surface area contributed by atoms with E-state index in [9.17, 15) is 4.79 Å². The van der Waals surface area contributed by atoms with Crippen LogP contribution in [0.15, 0.2) is 24.5 Å². The van der Waals surface area contributed by atoms with Crippen molar-refractivity contribution in [3.05, 3.63) is 30.1 Å². The van der Waals surface area contributed by atoms with Crippen LogP contribution in [0.1, 0.15) is 24.8 Å². The van der Waals surface area contributed by atoms with E-state index >= 15 is 0 Å². The Hall–Kier alpha value is -0.940. The summed E-state index contributed by atoms with van der Waals surface area (Å²) >= 11 is 3.40. The van der Waals surface area contributed by atoms with Crippen molar-refractivity contribution in [3.63, 3.8) is 0 Å². The van der Waals surface area contributed by atoms with Gasteiger partial charge in [-0.1, -0.05) is 22.0 Å². The number of carbonyl (C=O) groups excluding carboxylic acids is 1. The molecule has 1 aromatic rings. The lowest BCUT2D eigenvalue weighted by Gasteiger charge is -2.24. The summed E-state index contributed by atoms with van der Waals surface area (Å²) in [4.78, 5) is 20.5. The lowest BCUT2D eigenvalue weighted by molar-refractivity contribution is -0.132. The Labute approximate surface area is 130 Å². The van der Waals surface area contributed by atoms with Gasteiger partial charge in [-0.2, -0.15) is 0 Å². The number of likely N-dealkylation sites (N-methyl/N-ethyl adjacent to an activating group) is 1. The van der Waals surface area contributed by atoms with E-state index in [-0.39, 0.29) is 5.91 Å². The molecule has 0 unspecified atom stereocenters. The molecule has 1 amide bonds. The summed E-state index contributed by atoms with van der Waals surface area (Å²) in [6.45, 7) is 2.29. The highest BCUT2D eigenvalue weighted by atomic mass is 79.9. The van der Waals surface area contributed by atoms with Crippen molar-refractivity contribution < 1.29 is 4.79 Å². The average Bonchev–Trinajstić information content (AvgIpc) is 2.44. The van der Waals surface area contributed by atoms with Gasteiger partial charge in [-0.3, -0.25) is 9.78 Å². The Morgan fingerprint density at radius 2 is 2.10 bits per heavy atom. The van der Waals surface area contributed by atoms with Crippen LogP contribution in [0.25, 0.3) is 0 Å². The first-order chi connectivity index (χ1) is 9.63. The summed E-state index contributed by atoms with van der Waals surface area (Å²) in [6, 6.07) is 3.93. The van der Waals surface area contributed by atoms with Crippen molar-refractivity contribution in [2.75, 3.05) is 32.5 Å². The van der Waals surface area contributed by atoms with E-state index < -0.39 is 0 Å². The van der Waals surface area contributed by atoms with Crippen LogP contribution in [-0.2, 0) is 11.3 Å². The first kappa shape index (κ1) is 17.1. The highest BCUT2D eigenvalue weighted by molar-refractivity contribution is 9.09. The molecule has 0 fully saturated rings. The van der Waals surface area contributed by atoms with Gasteiger partial charge in [-0.15, -0.1) is 0 Å². The van der Waals surface area contributed by atoms with Gasteiger partial charge in [-0.25, -0.2) is 0 Å². The minimum absolute atomic E-state index is 0.233. The van der Waals surface area contributed by atoms with Crippen LogP contribution in [-0.4, -0.2) is 53.2 Å². The number of hydrogen-bond acceptors (Lipinski definition) is 3. The zero-order valence-corrected chi connectivity index (χ0v) is 14.0. The molecule has 20 heavy (non-hydrogen) atoms. The van der Waals surface area contributed by atoms with Gasteiger partial charge in [0, 0.05) is 43.8 Å². The van der Waals surface area contributed by atoms with Crippen LogP contribution in [0, 0.1) is 0 Å². The molecule has 0 aliphatic carbocycles. The smallest absolute Gasteiger partial charge is 0.222 e. The maximum atomic E-state index is 12.3. The number of nitrogens with zero attached hydrogens (tertiary/aromatic N) is 3. The second kappa shape index (κ2) is 9.88. The molecule has 1 heterocycles. The maximum Gasteiger partial charge on any atom is 0.222 e. The van der Waals surface area contributed by atoms with E-state index in [4.69, 9.17) is 0 Å².